The second-order valence-electron chi connectivity index (χ2n) is 5.32. The van der Waals surface area contributed by atoms with Crippen molar-refractivity contribution in [1.82, 2.24) is 0 Å². The largest absolute Gasteiger partial charge is 0.493 e. The van der Waals surface area contributed by atoms with Gasteiger partial charge in [-0.1, -0.05) is 26.8 Å². The van der Waals surface area contributed by atoms with Crippen molar-refractivity contribution in [2.24, 2.45) is 5.41 Å². The molecule has 0 aliphatic rings. The van der Waals surface area contributed by atoms with Crippen LogP contribution in [0.15, 0.2) is 18.2 Å². The molecule has 1 atom stereocenters. The zero-order valence-electron chi connectivity index (χ0n) is 11.4. The van der Waals surface area contributed by atoms with Crippen LogP contribution >= 0.6 is 11.6 Å². The molecule has 0 aliphatic carbocycles. The van der Waals surface area contributed by atoms with E-state index in [9.17, 15) is 0 Å². The molecule has 0 spiro atoms. The molecule has 0 radical (unpaired) electrons. The number of benzene rings is 1. The van der Waals surface area contributed by atoms with Gasteiger partial charge in [-0.05, 0) is 30.0 Å². The highest BCUT2D eigenvalue weighted by Crippen LogP contribution is 2.46. The molecule has 0 saturated heterocycles. The molecule has 96 valence electrons. The molecular formula is C14H21ClO2. The summed E-state index contributed by atoms with van der Waals surface area (Å²) in [6, 6.07) is 5.82. The third kappa shape index (κ3) is 2.68. The zero-order valence-corrected chi connectivity index (χ0v) is 12.2. The Morgan fingerprint density at radius 3 is 1.88 bits per heavy atom. The summed E-state index contributed by atoms with van der Waals surface area (Å²) in [6.07, 6.45) is 0. The monoisotopic (exact) mass is 256 g/mol. The number of halogens is 1. The van der Waals surface area contributed by atoms with Crippen molar-refractivity contribution in [3.05, 3.63) is 23.8 Å². The van der Waals surface area contributed by atoms with Crippen LogP contribution < -0.4 is 9.47 Å². The van der Waals surface area contributed by atoms with Crippen LogP contribution in [0.4, 0.5) is 0 Å². The number of hydrogen-bond acceptors (Lipinski definition) is 2. The summed E-state index contributed by atoms with van der Waals surface area (Å²) in [5.41, 5.74) is 0.984. The van der Waals surface area contributed by atoms with Crippen molar-refractivity contribution in [2.45, 2.75) is 32.6 Å². The summed E-state index contributed by atoms with van der Waals surface area (Å²) >= 11 is 6.67. The fourth-order valence-electron chi connectivity index (χ4n) is 1.56. The van der Waals surface area contributed by atoms with E-state index in [1.807, 2.05) is 25.1 Å². The fraction of sp³-hybridized carbons (Fsp3) is 0.571. The summed E-state index contributed by atoms with van der Waals surface area (Å²) < 4.78 is 10.5. The second kappa shape index (κ2) is 4.77. The Bertz CT molecular complexity index is 392. The Hall–Kier alpha value is -0.890. The molecule has 1 unspecified atom stereocenters. The van der Waals surface area contributed by atoms with E-state index in [-0.39, 0.29) is 5.41 Å². The quantitative estimate of drug-likeness (QED) is 0.755. The van der Waals surface area contributed by atoms with Gasteiger partial charge in [0.1, 0.15) is 0 Å². The molecule has 2 nitrogen and oxygen atoms in total. The van der Waals surface area contributed by atoms with Gasteiger partial charge in [0.25, 0.3) is 0 Å². The molecule has 1 rings (SSSR count). The van der Waals surface area contributed by atoms with Crippen LogP contribution in [-0.2, 0) is 4.87 Å². The van der Waals surface area contributed by atoms with Gasteiger partial charge in [0.15, 0.2) is 11.5 Å². The molecule has 0 saturated carbocycles. The van der Waals surface area contributed by atoms with Gasteiger partial charge in [0.05, 0.1) is 19.1 Å². The van der Waals surface area contributed by atoms with Crippen molar-refractivity contribution in [3.8, 4) is 11.5 Å². The first kappa shape index (κ1) is 14.2. The molecule has 0 fully saturated rings. The lowest BCUT2D eigenvalue weighted by molar-refractivity contribution is 0.294. The first-order valence-corrected chi connectivity index (χ1v) is 6.03. The van der Waals surface area contributed by atoms with Gasteiger partial charge in [0, 0.05) is 0 Å². The molecule has 0 aromatic heterocycles. The summed E-state index contributed by atoms with van der Waals surface area (Å²) in [7, 11) is 3.26. The maximum absolute atomic E-state index is 6.67. The molecule has 17 heavy (non-hydrogen) atoms. The molecular weight excluding hydrogens is 236 g/mol. The summed E-state index contributed by atoms with van der Waals surface area (Å²) in [5.74, 6) is 1.43. The minimum atomic E-state index is -0.452. The van der Waals surface area contributed by atoms with Crippen LogP contribution in [0.5, 0.6) is 11.5 Å². The Morgan fingerprint density at radius 1 is 0.941 bits per heavy atom. The van der Waals surface area contributed by atoms with Crippen molar-refractivity contribution in [3.63, 3.8) is 0 Å². The minimum absolute atomic E-state index is 0.0475. The average Bonchev–Trinajstić information content (AvgIpc) is 2.26. The van der Waals surface area contributed by atoms with Crippen molar-refractivity contribution in [2.75, 3.05) is 14.2 Å². The van der Waals surface area contributed by atoms with Gasteiger partial charge in [-0.25, -0.2) is 0 Å². The maximum Gasteiger partial charge on any atom is 0.161 e. The first-order valence-electron chi connectivity index (χ1n) is 5.65. The Kier molecular flexibility index (Phi) is 3.98. The van der Waals surface area contributed by atoms with Crippen LogP contribution in [0.1, 0.15) is 33.3 Å². The molecule has 1 aromatic carbocycles. The van der Waals surface area contributed by atoms with E-state index >= 15 is 0 Å². The fourth-order valence-corrected chi connectivity index (χ4v) is 1.68. The van der Waals surface area contributed by atoms with E-state index in [0.29, 0.717) is 5.75 Å². The molecule has 3 heteroatoms. The van der Waals surface area contributed by atoms with E-state index < -0.39 is 4.87 Å². The predicted octanol–water partition coefficient (Wildman–Crippen LogP) is 4.20. The van der Waals surface area contributed by atoms with Gasteiger partial charge in [-0.15, -0.1) is 11.6 Å². The normalized spacial score (nSPS) is 15.2. The van der Waals surface area contributed by atoms with Crippen LogP contribution in [0.3, 0.4) is 0 Å². The number of rotatable bonds is 3. The second-order valence-corrected chi connectivity index (χ2v) is 6.08. The van der Waals surface area contributed by atoms with E-state index in [1.165, 1.54) is 0 Å². The highest BCUT2D eigenvalue weighted by Gasteiger charge is 2.37. The standard InChI is InChI=1S/C14H21ClO2/c1-13(2,3)14(4,15)10-7-8-11(16-5)12(9-10)17-6/h7-9H,1-6H3. The van der Waals surface area contributed by atoms with Gasteiger partial charge in [0.2, 0.25) is 0 Å². The van der Waals surface area contributed by atoms with Gasteiger partial charge < -0.3 is 9.47 Å². The lowest BCUT2D eigenvalue weighted by atomic mass is 9.77. The highest BCUT2D eigenvalue weighted by molar-refractivity contribution is 6.24. The SMILES string of the molecule is COc1ccc(C(C)(Cl)C(C)(C)C)cc1OC. The summed E-state index contributed by atoms with van der Waals surface area (Å²) in [5, 5.41) is 0. The third-order valence-electron chi connectivity index (χ3n) is 3.33. The molecule has 0 bridgehead atoms. The lowest BCUT2D eigenvalue weighted by Crippen LogP contribution is -2.31. The van der Waals surface area contributed by atoms with Crippen molar-refractivity contribution >= 4 is 11.6 Å². The third-order valence-corrected chi connectivity index (χ3v) is 4.12. The molecule has 1 aromatic rings. The minimum Gasteiger partial charge on any atom is -0.493 e. The van der Waals surface area contributed by atoms with Gasteiger partial charge in [-0.2, -0.15) is 0 Å². The number of ether oxygens (including phenoxy) is 2. The Morgan fingerprint density at radius 2 is 1.47 bits per heavy atom. The smallest absolute Gasteiger partial charge is 0.161 e. The molecule has 0 aliphatic heterocycles. The maximum atomic E-state index is 6.67. The van der Waals surface area contributed by atoms with Crippen molar-refractivity contribution < 1.29 is 9.47 Å². The molecule has 0 amide bonds. The number of alkyl halides is 1. The van der Waals surface area contributed by atoms with Crippen molar-refractivity contribution in [1.29, 1.82) is 0 Å². The number of hydrogen-bond donors (Lipinski definition) is 0. The Labute approximate surface area is 109 Å². The van der Waals surface area contributed by atoms with Crippen LogP contribution in [0, 0.1) is 5.41 Å². The van der Waals surface area contributed by atoms with Crippen LogP contribution in [-0.4, -0.2) is 14.2 Å². The lowest BCUT2D eigenvalue weighted by Gasteiger charge is -2.37. The van der Waals surface area contributed by atoms with E-state index in [0.717, 1.165) is 11.3 Å². The Balaban J connectivity index is 3.25. The first-order chi connectivity index (χ1) is 7.74. The summed E-state index contributed by atoms with van der Waals surface area (Å²) in [4.78, 5) is -0.452. The molecule has 0 N–H and O–H groups in total. The van der Waals surface area contributed by atoms with E-state index in [1.54, 1.807) is 14.2 Å². The van der Waals surface area contributed by atoms with Crippen LogP contribution in [0.25, 0.3) is 0 Å². The summed E-state index contributed by atoms with van der Waals surface area (Å²) in [6.45, 7) is 8.39. The van der Waals surface area contributed by atoms with Crippen LogP contribution in [0.2, 0.25) is 0 Å². The average molecular weight is 257 g/mol. The number of methoxy groups -OCH3 is 2. The predicted molar refractivity (Wildman–Crippen MR) is 72.2 cm³/mol. The molecule has 0 heterocycles. The van der Waals surface area contributed by atoms with E-state index in [2.05, 4.69) is 20.8 Å². The van der Waals surface area contributed by atoms with Gasteiger partial charge in [-0.3, -0.25) is 0 Å². The zero-order chi connectivity index (χ0) is 13.3. The van der Waals surface area contributed by atoms with Gasteiger partial charge >= 0.3 is 0 Å². The topological polar surface area (TPSA) is 18.5 Å². The van der Waals surface area contributed by atoms with E-state index in [4.69, 9.17) is 21.1 Å². The highest BCUT2D eigenvalue weighted by atomic mass is 35.5.